The number of carbonyl (C=O) groups is 1. The molecule has 1 amide bonds. The van der Waals surface area contributed by atoms with Gasteiger partial charge in [0.2, 0.25) is 5.91 Å². The second-order valence-electron chi connectivity index (χ2n) is 3.43. The van der Waals surface area contributed by atoms with Crippen LogP contribution in [-0.2, 0) is 10.5 Å². The van der Waals surface area contributed by atoms with Crippen molar-refractivity contribution < 1.29 is 14.4 Å². The van der Waals surface area contributed by atoms with Crippen LogP contribution in [0.4, 0.5) is 4.39 Å². The first kappa shape index (κ1) is 14.3. The zero-order valence-corrected chi connectivity index (χ0v) is 10.6. The molecule has 4 N–H and O–H groups in total. The maximum Gasteiger partial charge on any atom is 0.229 e. The maximum absolute atomic E-state index is 13.9. The monoisotopic (exact) mass is 271 g/mol. The van der Waals surface area contributed by atoms with E-state index in [1.165, 1.54) is 17.8 Å². The molecular weight excluding hydrogens is 257 g/mol. The van der Waals surface area contributed by atoms with E-state index in [0.717, 1.165) is 0 Å². The maximum atomic E-state index is 13.9. The number of rotatable bonds is 5. The van der Waals surface area contributed by atoms with E-state index in [9.17, 15) is 9.18 Å². The van der Waals surface area contributed by atoms with Crippen LogP contribution >= 0.6 is 11.8 Å². The first-order valence-corrected chi connectivity index (χ1v) is 6.29. The van der Waals surface area contributed by atoms with Gasteiger partial charge < -0.3 is 16.3 Å². The molecule has 1 aromatic carbocycles. The lowest BCUT2D eigenvalue weighted by Gasteiger charge is -2.07. The summed E-state index contributed by atoms with van der Waals surface area (Å²) in [5.41, 5.74) is 5.81. The topological polar surface area (TPSA) is 87.7 Å². The summed E-state index contributed by atoms with van der Waals surface area (Å²) >= 11 is 1.29. The molecule has 0 fully saturated rings. The van der Waals surface area contributed by atoms with E-state index in [0.29, 0.717) is 11.3 Å². The number of nitrogens with two attached hydrogens (primary N) is 1. The van der Waals surface area contributed by atoms with Crippen molar-refractivity contribution in [2.24, 2.45) is 10.9 Å². The van der Waals surface area contributed by atoms with Crippen molar-refractivity contribution in [3.8, 4) is 0 Å². The molecular formula is C11H14FN3O2S. The number of benzene rings is 1. The molecule has 18 heavy (non-hydrogen) atoms. The Labute approximate surface area is 108 Å². The highest BCUT2D eigenvalue weighted by atomic mass is 32.2. The van der Waals surface area contributed by atoms with Crippen LogP contribution in [0.25, 0.3) is 0 Å². The summed E-state index contributed by atoms with van der Waals surface area (Å²) in [4.78, 5) is 11.0. The standard InChI is InChI=1S/C11H14FN3O2S/c1-14-9(16)6-18-5-7-3-2-4-8(10(7)12)11(13)15-17/h2-4,17H,5-6H2,1H3,(H2,13,15)(H,14,16). The average Bonchev–Trinajstić information content (AvgIpc) is 2.39. The lowest BCUT2D eigenvalue weighted by atomic mass is 10.1. The van der Waals surface area contributed by atoms with Gasteiger partial charge in [-0.15, -0.1) is 11.8 Å². The van der Waals surface area contributed by atoms with E-state index < -0.39 is 5.82 Å². The largest absolute Gasteiger partial charge is 0.409 e. The molecule has 0 aromatic heterocycles. The molecule has 7 heteroatoms. The Morgan fingerprint density at radius 1 is 1.61 bits per heavy atom. The van der Waals surface area contributed by atoms with Crippen molar-refractivity contribution in [3.05, 3.63) is 35.1 Å². The van der Waals surface area contributed by atoms with E-state index in [4.69, 9.17) is 10.9 Å². The van der Waals surface area contributed by atoms with E-state index in [1.807, 2.05) is 0 Å². The highest BCUT2D eigenvalue weighted by Gasteiger charge is 2.11. The molecule has 0 saturated heterocycles. The number of carbonyl (C=O) groups excluding carboxylic acids is 1. The molecule has 0 aliphatic heterocycles. The Bertz CT molecular complexity index is 466. The van der Waals surface area contributed by atoms with Gasteiger partial charge in [-0.2, -0.15) is 0 Å². The zero-order chi connectivity index (χ0) is 13.5. The molecule has 0 aliphatic carbocycles. The van der Waals surface area contributed by atoms with Crippen LogP contribution in [0, 0.1) is 5.82 Å². The first-order valence-electron chi connectivity index (χ1n) is 5.13. The number of halogens is 1. The Kier molecular flexibility index (Phi) is 5.44. The van der Waals surface area contributed by atoms with E-state index in [-0.39, 0.29) is 23.1 Å². The summed E-state index contributed by atoms with van der Waals surface area (Å²) in [5.74, 6) is -0.328. The zero-order valence-electron chi connectivity index (χ0n) is 9.81. The second-order valence-corrected chi connectivity index (χ2v) is 4.42. The molecule has 0 heterocycles. The van der Waals surface area contributed by atoms with Gasteiger partial charge in [-0.1, -0.05) is 17.3 Å². The highest BCUT2D eigenvalue weighted by Crippen LogP contribution is 2.18. The number of thioether (sulfide) groups is 1. The van der Waals surface area contributed by atoms with Gasteiger partial charge in [-0.3, -0.25) is 4.79 Å². The van der Waals surface area contributed by atoms with Gasteiger partial charge in [0.05, 0.1) is 11.3 Å². The van der Waals surface area contributed by atoms with Crippen LogP contribution in [0.2, 0.25) is 0 Å². The number of oxime groups is 1. The first-order chi connectivity index (χ1) is 8.60. The summed E-state index contributed by atoms with van der Waals surface area (Å²) < 4.78 is 13.9. The third-order valence-corrected chi connectivity index (χ3v) is 3.21. The average molecular weight is 271 g/mol. The summed E-state index contributed by atoms with van der Waals surface area (Å²) in [7, 11) is 1.54. The highest BCUT2D eigenvalue weighted by molar-refractivity contribution is 7.99. The molecule has 98 valence electrons. The molecule has 0 unspecified atom stereocenters. The van der Waals surface area contributed by atoms with Crippen molar-refractivity contribution in [1.29, 1.82) is 0 Å². The predicted molar refractivity (Wildman–Crippen MR) is 69.1 cm³/mol. The Morgan fingerprint density at radius 2 is 2.33 bits per heavy atom. The van der Waals surface area contributed by atoms with E-state index in [1.54, 1.807) is 19.2 Å². The lowest BCUT2D eigenvalue weighted by Crippen LogP contribution is -2.20. The summed E-state index contributed by atoms with van der Waals surface area (Å²) in [6.45, 7) is 0. The third-order valence-electron chi connectivity index (χ3n) is 2.23. The Morgan fingerprint density at radius 3 is 2.94 bits per heavy atom. The van der Waals surface area contributed by atoms with Gasteiger partial charge in [0, 0.05) is 12.8 Å². The number of amides is 1. The quantitative estimate of drug-likeness (QED) is 0.321. The van der Waals surface area contributed by atoms with Crippen molar-refractivity contribution in [1.82, 2.24) is 5.32 Å². The molecule has 0 bridgehead atoms. The number of nitrogens with one attached hydrogen (secondary N) is 1. The minimum Gasteiger partial charge on any atom is -0.409 e. The molecule has 5 nitrogen and oxygen atoms in total. The lowest BCUT2D eigenvalue weighted by molar-refractivity contribution is -0.118. The molecule has 0 spiro atoms. The number of hydrogen-bond acceptors (Lipinski definition) is 4. The summed E-state index contributed by atoms with van der Waals surface area (Å²) in [6.07, 6.45) is 0. The number of nitrogens with zero attached hydrogens (tertiary/aromatic N) is 1. The second kappa shape index (κ2) is 6.85. The molecule has 1 rings (SSSR count). The summed E-state index contributed by atoms with van der Waals surface area (Å²) in [6, 6.07) is 4.64. The fourth-order valence-electron chi connectivity index (χ4n) is 1.27. The summed E-state index contributed by atoms with van der Waals surface area (Å²) in [5, 5.41) is 13.8. The third kappa shape index (κ3) is 3.63. The molecule has 0 radical (unpaired) electrons. The Hall–Kier alpha value is -1.76. The molecule has 1 aromatic rings. The smallest absolute Gasteiger partial charge is 0.229 e. The minimum absolute atomic E-state index is 0.0514. The van der Waals surface area contributed by atoms with Crippen molar-refractivity contribution in [2.75, 3.05) is 12.8 Å². The van der Waals surface area contributed by atoms with Crippen LogP contribution in [0.1, 0.15) is 11.1 Å². The SMILES string of the molecule is CNC(=O)CSCc1cccc(/C(N)=N/O)c1F. The van der Waals surface area contributed by atoms with Crippen molar-refractivity contribution in [2.45, 2.75) is 5.75 Å². The van der Waals surface area contributed by atoms with Crippen LogP contribution in [0.5, 0.6) is 0 Å². The fraction of sp³-hybridized carbons (Fsp3) is 0.273. The van der Waals surface area contributed by atoms with Crippen LogP contribution in [0.3, 0.4) is 0 Å². The molecule has 0 saturated carbocycles. The van der Waals surface area contributed by atoms with Crippen LogP contribution in [0.15, 0.2) is 23.4 Å². The van der Waals surface area contributed by atoms with Crippen LogP contribution in [-0.4, -0.2) is 29.8 Å². The minimum atomic E-state index is -0.530. The van der Waals surface area contributed by atoms with Gasteiger partial charge >= 0.3 is 0 Å². The van der Waals surface area contributed by atoms with E-state index >= 15 is 0 Å². The van der Waals surface area contributed by atoms with Gasteiger partial charge in [0.15, 0.2) is 5.84 Å². The molecule has 0 aliphatic rings. The van der Waals surface area contributed by atoms with Gasteiger partial charge in [0.1, 0.15) is 5.82 Å². The normalized spacial score (nSPS) is 11.3. The van der Waals surface area contributed by atoms with Gasteiger partial charge in [0.25, 0.3) is 0 Å². The predicted octanol–water partition coefficient (Wildman–Crippen LogP) is 0.899. The number of hydrogen-bond donors (Lipinski definition) is 3. The van der Waals surface area contributed by atoms with Crippen molar-refractivity contribution in [3.63, 3.8) is 0 Å². The number of amidine groups is 1. The van der Waals surface area contributed by atoms with Gasteiger partial charge in [-0.25, -0.2) is 4.39 Å². The van der Waals surface area contributed by atoms with Crippen LogP contribution < -0.4 is 11.1 Å². The fourth-order valence-corrected chi connectivity index (χ4v) is 2.14. The Balaban J connectivity index is 2.75. The molecule has 0 atom stereocenters. The van der Waals surface area contributed by atoms with E-state index in [2.05, 4.69) is 10.5 Å². The van der Waals surface area contributed by atoms with Gasteiger partial charge in [-0.05, 0) is 11.6 Å². The van der Waals surface area contributed by atoms with Crippen molar-refractivity contribution >= 4 is 23.5 Å².